The number of hydrogen-bond acceptors (Lipinski definition) is 5. The fourth-order valence-electron chi connectivity index (χ4n) is 2.51. The number of hydrogen-bond donors (Lipinski definition) is 1. The number of anilines is 1. The summed E-state index contributed by atoms with van der Waals surface area (Å²) in [5, 5.41) is 2.53. The van der Waals surface area contributed by atoms with Crippen molar-refractivity contribution in [3.05, 3.63) is 23.8 Å². The predicted molar refractivity (Wildman–Crippen MR) is 90.4 cm³/mol. The number of benzene rings is 1. The van der Waals surface area contributed by atoms with E-state index in [4.69, 9.17) is 0 Å². The van der Waals surface area contributed by atoms with Gasteiger partial charge in [-0.25, -0.2) is 12.7 Å². The van der Waals surface area contributed by atoms with Crippen molar-refractivity contribution in [2.24, 2.45) is 0 Å². The van der Waals surface area contributed by atoms with E-state index in [0.29, 0.717) is 11.3 Å². The minimum absolute atomic E-state index is 0.174. The summed E-state index contributed by atoms with van der Waals surface area (Å²) in [5.74, 6) is -0.301. The van der Waals surface area contributed by atoms with Crippen molar-refractivity contribution in [2.75, 3.05) is 59.3 Å². The van der Waals surface area contributed by atoms with Gasteiger partial charge in [-0.1, -0.05) is 0 Å². The molecule has 2 rings (SSSR count). The Hall–Kier alpha value is -1.64. The van der Waals surface area contributed by atoms with Gasteiger partial charge in [-0.3, -0.25) is 4.79 Å². The Morgan fingerprint density at radius 3 is 2.30 bits per heavy atom. The van der Waals surface area contributed by atoms with Crippen LogP contribution in [0.15, 0.2) is 23.1 Å². The first-order valence-electron chi connectivity index (χ1n) is 7.49. The zero-order valence-electron chi connectivity index (χ0n) is 14.0. The topological polar surface area (TPSA) is 73.0 Å². The minimum Gasteiger partial charge on any atom is -0.368 e. The molecule has 7 nitrogen and oxygen atoms in total. The first kappa shape index (κ1) is 17.7. The second-order valence-electron chi connectivity index (χ2n) is 5.84. The van der Waals surface area contributed by atoms with Crippen LogP contribution in [0.5, 0.6) is 0 Å². The monoisotopic (exact) mass is 340 g/mol. The van der Waals surface area contributed by atoms with E-state index < -0.39 is 10.0 Å². The van der Waals surface area contributed by atoms with Crippen molar-refractivity contribution in [1.82, 2.24) is 14.5 Å². The molecule has 1 N–H and O–H groups in total. The molecule has 1 aliphatic rings. The number of piperazine rings is 1. The third kappa shape index (κ3) is 3.65. The molecule has 0 bridgehead atoms. The van der Waals surface area contributed by atoms with Crippen LogP contribution in [0, 0.1) is 0 Å². The van der Waals surface area contributed by atoms with E-state index in [1.165, 1.54) is 31.5 Å². The van der Waals surface area contributed by atoms with Gasteiger partial charge in [0.1, 0.15) is 4.90 Å². The SMILES string of the molecule is CNC(=O)c1ccc(N2CCN(C)CC2)c(S(=O)(=O)N(C)C)c1. The average Bonchev–Trinajstić information content (AvgIpc) is 2.54. The molecule has 23 heavy (non-hydrogen) atoms. The summed E-state index contributed by atoms with van der Waals surface area (Å²) in [6, 6.07) is 4.86. The van der Waals surface area contributed by atoms with Crippen LogP contribution >= 0.6 is 0 Å². The molecule has 1 aromatic rings. The van der Waals surface area contributed by atoms with Crippen LogP contribution in [0.25, 0.3) is 0 Å². The van der Waals surface area contributed by atoms with Crippen molar-refractivity contribution in [3.8, 4) is 0 Å². The Labute approximate surface area is 137 Å². The van der Waals surface area contributed by atoms with Gasteiger partial charge in [-0.15, -0.1) is 0 Å². The van der Waals surface area contributed by atoms with E-state index in [1.807, 2.05) is 7.05 Å². The quantitative estimate of drug-likeness (QED) is 0.838. The maximum absolute atomic E-state index is 12.7. The Bertz CT molecular complexity index is 680. The number of carbonyl (C=O) groups is 1. The summed E-state index contributed by atoms with van der Waals surface area (Å²) in [6.07, 6.45) is 0. The standard InChI is InChI=1S/C15H24N4O3S/c1-16-15(20)12-5-6-13(19-9-7-18(4)8-10-19)14(11-12)23(21,22)17(2)3/h5-6,11H,7-10H2,1-4H3,(H,16,20). The largest absolute Gasteiger partial charge is 0.368 e. The van der Waals surface area contributed by atoms with Crippen molar-refractivity contribution >= 4 is 21.6 Å². The molecule has 0 aliphatic carbocycles. The molecule has 0 atom stereocenters. The lowest BCUT2D eigenvalue weighted by Gasteiger charge is -2.35. The van der Waals surface area contributed by atoms with Gasteiger partial charge >= 0.3 is 0 Å². The Balaban J connectivity index is 2.51. The van der Waals surface area contributed by atoms with E-state index in [1.54, 1.807) is 12.1 Å². The van der Waals surface area contributed by atoms with Crippen LogP contribution in [0.2, 0.25) is 0 Å². The average molecular weight is 340 g/mol. The molecule has 1 fully saturated rings. The molecule has 0 unspecified atom stereocenters. The maximum Gasteiger partial charge on any atom is 0.251 e. The molecule has 1 saturated heterocycles. The van der Waals surface area contributed by atoms with Crippen LogP contribution in [0.3, 0.4) is 0 Å². The highest BCUT2D eigenvalue weighted by atomic mass is 32.2. The Kier molecular flexibility index (Phi) is 5.28. The number of nitrogens with one attached hydrogen (secondary N) is 1. The molecular formula is C15H24N4O3S. The van der Waals surface area contributed by atoms with Gasteiger partial charge in [0.25, 0.3) is 5.91 Å². The molecule has 1 heterocycles. The zero-order valence-corrected chi connectivity index (χ0v) is 14.9. The summed E-state index contributed by atoms with van der Waals surface area (Å²) < 4.78 is 26.5. The lowest BCUT2D eigenvalue weighted by atomic mass is 10.1. The molecule has 0 saturated carbocycles. The summed E-state index contributed by atoms with van der Waals surface area (Å²) in [5.41, 5.74) is 0.991. The van der Waals surface area contributed by atoms with Gasteiger partial charge < -0.3 is 15.1 Å². The molecule has 0 spiro atoms. The number of amides is 1. The van der Waals surface area contributed by atoms with E-state index in [-0.39, 0.29) is 10.8 Å². The fourth-order valence-corrected chi connectivity index (χ4v) is 3.64. The van der Waals surface area contributed by atoms with Gasteiger partial charge in [-0.05, 0) is 25.2 Å². The van der Waals surface area contributed by atoms with Gasteiger partial charge in [0.2, 0.25) is 10.0 Å². The number of rotatable bonds is 4. The Morgan fingerprint density at radius 1 is 1.17 bits per heavy atom. The van der Waals surface area contributed by atoms with Crippen LogP contribution in [-0.4, -0.2) is 77.9 Å². The summed E-state index contributed by atoms with van der Waals surface area (Å²) in [7, 11) is 2.92. The third-order valence-electron chi connectivity index (χ3n) is 4.05. The summed E-state index contributed by atoms with van der Waals surface area (Å²) >= 11 is 0. The molecule has 1 aromatic carbocycles. The first-order valence-corrected chi connectivity index (χ1v) is 8.93. The van der Waals surface area contributed by atoms with Gasteiger partial charge in [0, 0.05) is 52.9 Å². The van der Waals surface area contributed by atoms with Crippen molar-refractivity contribution < 1.29 is 13.2 Å². The second-order valence-corrected chi connectivity index (χ2v) is 7.96. The lowest BCUT2D eigenvalue weighted by Crippen LogP contribution is -2.45. The van der Waals surface area contributed by atoms with E-state index >= 15 is 0 Å². The van der Waals surface area contributed by atoms with Gasteiger partial charge in [0.05, 0.1) is 5.69 Å². The normalized spacial score (nSPS) is 16.7. The highest BCUT2D eigenvalue weighted by Crippen LogP contribution is 2.29. The van der Waals surface area contributed by atoms with Gasteiger partial charge in [0.15, 0.2) is 0 Å². The first-order chi connectivity index (χ1) is 10.8. The molecule has 0 aromatic heterocycles. The smallest absolute Gasteiger partial charge is 0.251 e. The molecule has 1 amide bonds. The van der Waals surface area contributed by atoms with E-state index in [9.17, 15) is 13.2 Å². The summed E-state index contributed by atoms with van der Waals surface area (Å²) in [6.45, 7) is 3.26. The second kappa shape index (κ2) is 6.86. The van der Waals surface area contributed by atoms with Crippen LogP contribution in [0.1, 0.15) is 10.4 Å². The van der Waals surface area contributed by atoms with Crippen LogP contribution in [0.4, 0.5) is 5.69 Å². The molecule has 1 aliphatic heterocycles. The number of likely N-dealkylation sites (N-methyl/N-ethyl adjacent to an activating group) is 1. The maximum atomic E-state index is 12.7. The number of nitrogens with zero attached hydrogens (tertiary/aromatic N) is 3. The summed E-state index contributed by atoms with van der Waals surface area (Å²) in [4.78, 5) is 16.3. The molecule has 128 valence electrons. The molecule has 8 heteroatoms. The molecule has 0 radical (unpaired) electrons. The highest BCUT2D eigenvalue weighted by molar-refractivity contribution is 7.89. The van der Waals surface area contributed by atoms with Gasteiger partial charge in [-0.2, -0.15) is 0 Å². The van der Waals surface area contributed by atoms with Crippen LogP contribution < -0.4 is 10.2 Å². The number of carbonyl (C=O) groups excluding carboxylic acids is 1. The van der Waals surface area contributed by atoms with Crippen molar-refractivity contribution in [3.63, 3.8) is 0 Å². The van der Waals surface area contributed by atoms with Crippen molar-refractivity contribution in [1.29, 1.82) is 0 Å². The minimum atomic E-state index is -3.64. The van der Waals surface area contributed by atoms with Crippen LogP contribution in [-0.2, 0) is 10.0 Å². The lowest BCUT2D eigenvalue weighted by molar-refractivity contribution is 0.0963. The fraction of sp³-hybridized carbons (Fsp3) is 0.533. The van der Waals surface area contributed by atoms with E-state index in [2.05, 4.69) is 15.1 Å². The molecular weight excluding hydrogens is 316 g/mol. The van der Waals surface area contributed by atoms with E-state index in [0.717, 1.165) is 26.2 Å². The van der Waals surface area contributed by atoms with Crippen molar-refractivity contribution in [2.45, 2.75) is 4.90 Å². The number of sulfonamides is 1. The third-order valence-corrected chi connectivity index (χ3v) is 5.90. The zero-order chi connectivity index (χ0) is 17.2. The highest BCUT2D eigenvalue weighted by Gasteiger charge is 2.27. The Morgan fingerprint density at radius 2 is 1.78 bits per heavy atom. The predicted octanol–water partition coefficient (Wildman–Crippen LogP) is 0.0483.